The summed E-state index contributed by atoms with van der Waals surface area (Å²) in [4.78, 5) is 24.8. The number of imide groups is 1. The number of carbonyl (C=O) groups is 2. The average Bonchev–Trinajstić information content (AvgIpc) is 2.56. The molecule has 0 bridgehead atoms. The first-order valence-corrected chi connectivity index (χ1v) is 4.70. The van der Waals surface area contributed by atoms with E-state index < -0.39 is 0 Å². The highest BCUT2D eigenvalue weighted by Crippen LogP contribution is 2.30. The van der Waals surface area contributed by atoms with E-state index in [1.807, 2.05) is 13.8 Å². The zero-order valence-corrected chi connectivity index (χ0v) is 7.91. The van der Waals surface area contributed by atoms with Crippen LogP contribution in [-0.4, -0.2) is 35.8 Å². The molecule has 0 spiro atoms. The Morgan fingerprint density at radius 1 is 1.23 bits per heavy atom. The Labute approximate surface area is 77.3 Å². The van der Waals surface area contributed by atoms with Crippen molar-refractivity contribution in [2.24, 2.45) is 11.8 Å². The molecule has 0 aromatic heterocycles. The van der Waals surface area contributed by atoms with Gasteiger partial charge in [-0.15, -0.1) is 0 Å². The standard InChI is InChI=1S/C9H14N2O2/c1-5(2)11-8(12)6-3-10-4-7(6)9(11)13/h5-7,10H,3-4H2,1-2H3/t6-,7-/m1/s1. The molecule has 2 fully saturated rings. The van der Waals surface area contributed by atoms with Gasteiger partial charge >= 0.3 is 0 Å². The van der Waals surface area contributed by atoms with Gasteiger partial charge in [-0.1, -0.05) is 0 Å². The second-order valence-corrected chi connectivity index (χ2v) is 4.01. The molecular formula is C9H14N2O2. The molecule has 0 aromatic carbocycles. The van der Waals surface area contributed by atoms with Gasteiger partial charge in [0.25, 0.3) is 0 Å². The number of hydrogen-bond donors (Lipinski definition) is 1. The number of nitrogens with one attached hydrogen (secondary N) is 1. The summed E-state index contributed by atoms with van der Waals surface area (Å²) in [5.41, 5.74) is 0. The van der Waals surface area contributed by atoms with Gasteiger partial charge in [-0.25, -0.2) is 0 Å². The smallest absolute Gasteiger partial charge is 0.234 e. The highest BCUT2D eigenvalue weighted by Gasteiger charge is 2.50. The zero-order chi connectivity index (χ0) is 9.59. The van der Waals surface area contributed by atoms with Crippen molar-refractivity contribution >= 4 is 11.8 Å². The van der Waals surface area contributed by atoms with Crippen LogP contribution in [-0.2, 0) is 9.59 Å². The number of rotatable bonds is 1. The quantitative estimate of drug-likeness (QED) is 0.561. The van der Waals surface area contributed by atoms with E-state index in [0.717, 1.165) is 0 Å². The van der Waals surface area contributed by atoms with E-state index in [2.05, 4.69) is 5.32 Å². The van der Waals surface area contributed by atoms with E-state index in [9.17, 15) is 9.59 Å². The number of likely N-dealkylation sites (tertiary alicyclic amines) is 1. The lowest BCUT2D eigenvalue weighted by atomic mass is 10.00. The normalized spacial score (nSPS) is 33.3. The van der Waals surface area contributed by atoms with Crippen molar-refractivity contribution in [2.75, 3.05) is 13.1 Å². The molecule has 2 amide bonds. The Morgan fingerprint density at radius 2 is 1.69 bits per heavy atom. The monoisotopic (exact) mass is 182 g/mol. The van der Waals surface area contributed by atoms with Crippen molar-refractivity contribution in [1.82, 2.24) is 10.2 Å². The van der Waals surface area contributed by atoms with Crippen molar-refractivity contribution in [3.05, 3.63) is 0 Å². The molecule has 72 valence electrons. The van der Waals surface area contributed by atoms with E-state index in [-0.39, 0.29) is 29.7 Å². The zero-order valence-electron chi connectivity index (χ0n) is 7.91. The van der Waals surface area contributed by atoms with Crippen molar-refractivity contribution < 1.29 is 9.59 Å². The average molecular weight is 182 g/mol. The lowest BCUT2D eigenvalue weighted by Gasteiger charge is -2.19. The molecule has 2 saturated heterocycles. The summed E-state index contributed by atoms with van der Waals surface area (Å²) in [6.45, 7) is 5.09. The van der Waals surface area contributed by atoms with Crippen LogP contribution >= 0.6 is 0 Å². The summed E-state index contributed by atoms with van der Waals surface area (Å²) in [6.07, 6.45) is 0. The Bertz CT molecular complexity index is 240. The van der Waals surface area contributed by atoms with E-state index >= 15 is 0 Å². The minimum atomic E-state index is -0.0881. The third-order valence-electron chi connectivity index (χ3n) is 2.84. The first-order chi connectivity index (χ1) is 6.13. The van der Waals surface area contributed by atoms with Crippen LogP contribution in [0.25, 0.3) is 0 Å². The Hall–Kier alpha value is -0.900. The second-order valence-electron chi connectivity index (χ2n) is 4.01. The van der Waals surface area contributed by atoms with Gasteiger partial charge in [0.2, 0.25) is 11.8 Å². The minimum absolute atomic E-state index is 0.00519. The molecule has 4 nitrogen and oxygen atoms in total. The van der Waals surface area contributed by atoms with Gasteiger partial charge in [-0.3, -0.25) is 14.5 Å². The summed E-state index contributed by atoms with van der Waals surface area (Å²) in [7, 11) is 0. The molecule has 0 unspecified atom stereocenters. The number of nitrogens with zero attached hydrogens (tertiary/aromatic N) is 1. The third-order valence-corrected chi connectivity index (χ3v) is 2.84. The van der Waals surface area contributed by atoms with Gasteiger partial charge in [0.15, 0.2) is 0 Å². The molecule has 4 heteroatoms. The SMILES string of the molecule is CC(C)N1C(=O)[C@@H]2CNC[C@H]2C1=O. The third kappa shape index (κ3) is 1.09. The van der Waals surface area contributed by atoms with Crippen LogP contribution < -0.4 is 5.32 Å². The maximum Gasteiger partial charge on any atom is 0.234 e. The van der Waals surface area contributed by atoms with Gasteiger partial charge in [0.05, 0.1) is 11.8 Å². The van der Waals surface area contributed by atoms with E-state index in [0.29, 0.717) is 13.1 Å². The topological polar surface area (TPSA) is 49.4 Å². The molecule has 0 aromatic rings. The van der Waals surface area contributed by atoms with Crippen molar-refractivity contribution in [2.45, 2.75) is 19.9 Å². The van der Waals surface area contributed by atoms with Gasteiger partial charge in [-0.05, 0) is 13.8 Å². The molecule has 2 aliphatic rings. The lowest BCUT2D eigenvalue weighted by Crippen LogP contribution is -2.39. The fraction of sp³-hybridized carbons (Fsp3) is 0.778. The fourth-order valence-corrected chi connectivity index (χ4v) is 2.17. The molecule has 0 saturated carbocycles. The molecule has 0 aliphatic carbocycles. The number of carbonyl (C=O) groups excluding carboxylic acids is 2. The summed E-state index contributed by atoms with van der Waals surface area (Å²) in [5, 5.41) is 3.08. The van der Waals surface area contributed by atoms with Crippen LogP contribution in [0.1, 0.15) is 13.8 Å². The fourth-order valence-electron chi connectivity index (χ4n) is 2.17. The number of fused-ring (bicyclic) bond motifs is 1. The first kappa shape index (κ1) is 8.69. The van der Waals surface area contributed by atoms with Crippen LogP contribution in [0.2, 0.25) is 0 Å². The van der Waals surface area contributed by atoms with Gasteiger partial charge < -0.3 is 5.32 Å². The molecule has 2 atom stereocenters. The Balaban J connectivity index is 2.26. The first-order valence-electron chi connectivity index (χ1n) is 4.70. The number of amides is 2. The number of hydrogen-bond acceptors (Lipinski definition) is 3. The summed E-state index contributed by atoms with van der Waals surface area (Å²) in [6, 6.07) is 0.00519. The van der Waals surface area contributed by atoms with Gasteiger partial charge in [0.1, 0.15) is 0 Å². The van der Waals surface area contributed by atoms with E-state index in [1.165, 1.54) is 4.90 Å². The van der Waals surface area contributed by atoms with E-state index in [1.54, 1.807) is 0 Å². The molecule has 1 N–H and O–H groups in total. The van der Waals surface area contributed by atoms with Gasteiger partial charge in [0, 0.05) is 19.1 Å². The van der Waals surface area contributed by atoms with Crippen molar-refractivity contribution in [3.63, 3.8) is 0 Å². The molecule has 0 radical (unpaired) electrons. The maximum atomic E-state index is 11.7. The van der Waals surface area contributed by atoms with Crippen LogP contribution in [0.3, 0.4) is 0 Å². The van der Waals surface area contributed by atoms with Crippen LogP contribution in [0.4, 0.5) is 0 Å². The predicted octanol–water partition coefficient (Wildman–Crippen LogP) is -0.401. The molecule has 2 rings (SSSR count). The largest absolute Gasteiger partial charge is 0.315 e. The van der Waals surface area contributed by atoms with Crippen LogP contribution in [0, 0.1) is 11.8 Å². The summed E-state index contributed by atoms with van der Waals surface area (Å²) in [5.74, 6) is -0.158. The summed E-state index contributed by atoms with van der Waals surface area (Å²) < 4.78 is 0. The Morgan fingerprint density at radius 3 is 2.08 bits per heavy atom. The highest BCUT2D eigenvalue weighted by molar-refractivity contribution is 6.06. The van der Waals surface area contributed by atoms with Crippen molar-refractivity contribution in [1.29, 1.82) is 0 Å². The second kappa shape index (κ2) is 2.80. The van der Waals surface area contributed by atoms with Crippen molar-refractivity contribution in [3.8, 4) is 0 Å². The Kier molecular flexibility index (Phi) is 1.87. The maximum absolute atomic E-state index is 11.7. The van der Waals surface area contributed by atoms with Crippen LogP contribution in [0.15, 0.2) is 0 Å². The highest BCUT2D eigenvalue weighted by atomic mass is 16.2. The minimum Gasteiger partial charge on any atom is -0.315 e. The van der Waals surface area contributed by atoms with E-state index in [4.69, 9.17) is 0 Å². The molecule has 2 heterocycles. The summed E-state index contributed by atoms with van der Waals surface area (Å²) >= 11 is 0. The van der Waals surface area contributed by atoms with Crippen LogP contribution in [0.5, 0.6) is 0 Å². The molecular weight excluding hydrogens is 168 g/mol. The van der Waals surface area contributed by atoms with Gasteiger partial charge in [-0.2, -0.15) is 0 Å². The molecule has 2 aliphatic heterocycles. The predicted molar refractivity (Wildman–Crippen MR) is 46.8 cm³/mol. The lowest BCUT2D eigenvalue weighted by molar-refractivity contribution is -0.142. The molecule has 13 heavy (non-hydrogen) atoms.